The molecule has 1 aliphatic heterocycles. The Bertz CT molecular complexity index is 196. The van der Waals surface area contributed by atoms with E-state index in [9.17, 15) is 4.79 Å². The fourth-order valence-electron chi connectivity index (χ4n) is 1.82. The van der Waals surface area contributed by atoms with E-state index in [1.807, 2.05) is 18.7 Å². The molecule has 2 atom stereocenters. The van der Waals surface area contributed by atoms with Crippen LogP contribution in [0.15, 0.2) is 0 Å². The molecule has 4 heteroatoms. The van der Waals surface area contributed by atoms with Gasteiger partial charge in [0.15, 0.2) is 0 Å². The molecule has 82 valence electrons. The Morgan fingerprint density at radius 2 is 2.43 bits per heavy atom. The minimum Gasteiger partial charge on any atom is -0.395 e. The molecule has 0 amide bonds. The number of ether oxygens (including phenoxy) is 1. The second kappa shape index (κ2) is 5.44. The first-order valence-corrected chi connectivity index (χ1v) is 5.17. The summed E-state index contributed by atoms with van der Waals surface area (Å²) in [7, 11) is 0. The monoisotopic (exact) mass is 201 g/mol. The molecule has 2 unspecified atom stereocenters. The Morgan fingerprint density at radius 1 is 1.71 bits per heavy atom. The summed E-state index contributed by atoms with van der Waals surface area (Å²) in [5, 5.41) is 9.13. The predicted octanol–water partition coefficient (Wildman–Crippen LogP) is 0.0471. The average molecular weight is 201 g/mol. The molecule has 0 radical (unpaired) electrons. The first-order chi connectivity index (χ1) is 6.70. The van der Waals surface area contributed by atoms with Gasteiger partial charge in [-0.3, -0.25) is 9.69 Å². The molecule has 1 heterocycles. The van der Waals surface area contributed by atoms with Gasteiger partial charge in [0, 0.05) is 13.0 Å². The van der Waals surface area contributed by atoms with E-state index in [2.05, 4.69) is 0 Å². The van der Waals surface area contributed by atoms with Gasteiger partial charge in [-0.05, 0) is 6.92 Å². The van der Waals surface area contributed by atoms with Gasteiger partial charge in [0.2, 0.25) is 0 Å². The molecule has 0 bridgehead atoms. The van der Waals surface area contributed by atoms with Gasteiger partial charge >= 0.3 is 0 Å². The second-order valence-corrected chi connectivity index (χ2v) is 3.64. The molecule has 0 spiro atoms. The Kier molecular flexibility index (Phi) is 4.51. The number of hydrogen-bond donors (Lipinski definition) is 1. The van der Waals surface area contributed by atoms with Crippen LogP contribution in [0.1, 0.15) is 20.3 Å². The van der Waals surface area contributed by atoms with Crippen molar-refractivity contribution in [1.29, 1.82) is 0 Å². The van der Waals surface area contributed by atoms with Gasteiger partial charge in [-0.25, -0.2) is 0 Å². The summed E-state index contributed by atoms with van der Waals surface area (Å²) in [4.78, 5) is 13.5. The molecular weight excluding hydrogens is 182 g/mol. The van der Waals surface area contributed by atoms with Gasteiger partial charge in [0.1, 0.15) is 5.78 Å². The van der Waals surface area contributed by atoms with Crippen molar-refractivity contribution in [3.8, 4) is 0 Å². The van der Waals surface area contributed by atoms with Crippen molar-refractivity contribution in [3.05, 3.63) is 0 Å². The summed E-state index contributed by atoms with van der Waals surface area (Å²) in [5.74, 6) is 0.227. The van der Waals surface area contributed by atoms with Gasteiger partial charge in [-0.15, -0.1) is 0 Å². The molecule has 1 saturated heterocycles. The summed E-state index contributed by atoms with van der Waals surface area (Å²) >= 11 is 0. The molecule has 1 N–H and O–H groups in total. The number of aliphatic hydroxyl groups is 1. The molecule has 0 saturated carbocycles. The van der Waals surface area contributed by atoms with Crippen LogP contribution in [0.5, 0.6) is 0 Å². The third-order valence-electron chi connectivity index (χ3n) is 2.80. The van der Waals surface area contributed by atoms with Crippen LogP contribution in [0.4, 0.5) is 0 Å². The lowest BCUT2D eigenvalue weighted by Crippen LogP contribution is -2.53. The number of nitrogens with zero attached hydrogens (tertiary/aromatic N) is 1. The minimum atomic E-state index is -0.0963. The van der Waals surface area contributed by atoms with E-state index >= 15 is 0 Å². The van der Waals surface area contributed by atoms with Crippen LogP contribution in [0, 0.1) is 0 Å². The normalized spacial score (nSPS) is 26.1. The highest BCUT2D eigenvalue weighted by molar-refractivity contribution is 5.83. The Morgan fingerprint density at radius 3 is 3.00 bits per heavy atom. The van der Waals surface area contributed by atoms with Crippen LogP contribution < -0.4 is 0 Å². The molecule has 1 fully saturated rings. The highest BCUT2D eigenvalue weighted by atomic mass is 16.5. The summed E-state index contributed by atoms with van der Waals surface area (Å²) < 4.78 is 5.25. The molecule has 14 heavy (non-hydrogen) atoms. The van der Waals surface area contributed by atoms with Crippen molar-refractivity contribution < 1.29 is 14.6 Å². The fraction of sp³-hybridized carbons (Fsp3) is 0.900. The molecule has 1 rings (SSSR count). The van der Waals surface area contributed by atoms with E-state index in [4.69, 9.17) is 9.84 Å². The van der Waals surface area contributed by atoms with Gasteiger partial charge in [-0.2, -0.15) is 0 Å². The zero-order chi connectivity index (χ0) is 10.6. The fourth-order valence-corrected chi connectivity index (χ4v) is 1.82. The lowest BCUT2D eigenvalue weighted by Gasteiger charge is -2.37. The van der Waals surface area contributed by atoms with Crippen molar-refractivity contribution in [2.45, 2.75) is 32.4 Å². The van der Waals surface area contributed by atoms with Crippen molar-refractivity contribution in [2.75, 3.05) is 26.4 Å². The molecule has 4 nitrogen and oxygen atoms in total. The maximum atomic E-state index is 11.5. The number of carbonyl (C=O) groups excluding carboxylic acids is 1. The van der Waals surface area contributed by atoms with E-state index in [-0.39, 0.29) is 24.5 Å². The van der Waals surface area contributed by atoms with Crippen LogP contribution in [0.25, 0.3) is 0 Å². The number of rotatable bonds is 4. The second-order valence-electron chi connectivity index (χ2n) is 3.64. The van der Waals surface area contributed by atoms with E-state index < -0.39 is 0 Å². The Labute approximate surface area is 84.8 Å². The van der Waals surface area contributed by atoms with Gasteiger partial charge in [0.25, 0.3) is 0 Å². The Hall–Kier alpha value is -0.450. The van der Waals surface area contributed by atoms with E-state index in [1.54, 1.807) is 0 Å². The maximum absolute atomic E-state index is 11.5. The van der Waals surface area contributed by atoms with Gasteiger partial charge < -0.3 is 9.84 Å². The van der Waals surface area contributed by atoms with Gasteiger partial charge in [0.05, 0.1) is 31.9 Å². The van der Waals surface area contributed by atoms with Crippen LogP contribution in [0.2, 0.25) is 0 Å². The predicted molar refractivity (Wildman–Crippen MR) is 53.2 cm³/mol. The minimum absolute atomic E-state index is 0.0192. The zero-order valence-corrected chi connectivity index (χ0v) is 8.90. The number of carbonyl (C=O) groups is 1. The third kappa shape index (κ3) is 2.53. The molecule has 1 aliphatic rings. The quantitative estimate of drug-likeness (QED) is 0.698. The standard InChI is InChI=1S/C10H19NO3/c1-3-10(13)8(2)11-4-5-14-7-9(11)6-12/h8-9,12H,3-7H2,1-2H3. The lowest BCUT2D eigenvalue weighted by molar-refractivity contribution is -0.128. The van der Waals surface area contributed by atoms with Gasteiger partial charge in [-0.1, -0.05) is 6.92 Å². The molecule has 0 aromatic heterocycles. The SMILES string of the molecule is CCC(=O)C(C)N1CCOCC1CO. The molecule has 0 aliphatic carbocycles. The smallest absolute Gasteiger partial charge is 0.149 e. The van der Waals surface area contributed by atoms with Crippen molar-refractivity contribution in [2.24, 2.45) is 0 Å². The molecule has 0 aromatic rings. The number of aliphatic hydroxyl groups excluding tert-OH is 1. The number of ketones is 1. The maximum Gasteiger partial charge on any atom is 0.149 e. The first-order valence-electron chi connectivity index (χ1n) is 5.17. The summed E-state index contributed by atoms with van der Waals surface area (Å²) in [5.41, 5.74) is 0. The summed E-state index contributed by atoms with van der Waals surface area (Å²) in [6.07, 6.45) is 0.552. The van der Waals surface area contributed by atoms with Crippen molar-refractivity contribution in [3.63, 3.8) is 0 Å². The van der Waals surface area contributed by atoms with Crippen molar-refractivity contribution in [1.82, 2.24) is 4.90 Å². The summed E-state index contributed by atoms with van der Waals surface area (Å²) in [6, 6.07) is -0.115. The van der Waals surface area contributed by atoms with E-state index in [0.29, 0.717) is 19.6 Å². The highest BCUT2D eigenvalue weighted by Crippen LogP contribution is 2.12. The first kappa shape index (κ1) is 11.6. The average Bonchev–Trinajstić information content (AvgIpc) is 2.26. The topological polar surface area (TPSA) is 49.8 Å². The lowest BCUT2D eigenvalue weighted by atomic mass is 10.1. The van der Waals surface area contributed by atoms with E-state index in [0.717, 1.165) is 6.54 Å². The highest BCUT2D eigenvalue weighted by Gasteiger charge is 2.29. The third-order valence-corrected chi connectivity index (χ3v) is 2.80. The number of morpholine rings is 1. The van der Waals surface area contributed by atoms with E-state index in [1.165, 1.54) is 0 Å². The van der Waals surface area contributed by atoms with Crippen molar-refractivity contribution >= 4 is 5.78 Å². The summed E-state index contributed by atoms with van der Waals surface area (Å²) in [6.45, 7) is 5.74. The van der Waals surface area contributed by atoms with Crippen LogP contribution >= 0.6 is 0 Å². The van der Waals surface area contributed by atoms with Crippen LogP contribution in [0.3, 0.4) is 0 Å². The largest absolute Gasteiger partial charge is 0.395 e. The Balaban J connectivity index is 2.58. The van der Waals surface area contributed by atoms with Crippen LogP contribution in [-0.2, 0) is 9.53 Å². The zero-order valence-electron chi connectivity index (χ0n) is 8.90. The van der Waals surface area contributed by atoms with Crippen LogP contribution in [-0.4, -0.2) is 54.2 Å². The number of Topliss-reactive ketones (excluding diaryl/α,β-unsaturated/α-hetero) is 1. The molecule has 0 aromatic carbocycles. The molecular formula is C10H19NO3. The number of hydrogen-bond acceptors (Lipinski definition) is 4.